The molecule has 0 saturated heterocycles. The molecule has 1 aromatic carbocycles. The van der Waals surface area contributed by atoms with Gasteiger partial charge in [0, 0.05) is 11.8 Å². The lowest BCUT2D eigenvalue weighted by atomic mass is 10.2. The third kappa shape index (κ3) is 3.26. The van der Waals surface area contributed by atoms with Crippen molar-refractivity contribution < 1.29 is 9.21 Å². The maximum absolute atomic E-state index is 12.0. The molecule has 0 aliphatic heterocycles. The predicted molar refractivity (Wildman–Crippen MR) is 83.6 cm³/mol. The molecule has 1 amide bonds. The number of nitrogens with one attached hydrogen (secondary N) is 1. The minimum Gasteiger partial charge on any atom is -0.409 e. The molecule has 0 bridgehead atoms. The van der Waals surface area contributed by atoms with Crippen LogP contribution in [0.25, 0.3) is 11.5 Å². The largest absolute Gasteiger partial charge is 0.409 e. The summed E-state index contributed by atoms with van der Waals surface area (Å²) in [6.07, 6.45) is 1.60. The van der Waals surface area contributed by atoms with Crippen molar-refractivity contribution in [3.05, 3.63) is 59.6 Å². The molecule has 2 aromatic heterocycles. The summed E-state index contributed by atoms with van der Waals surface area (Å²) in [5.74, 6) is 0.588. The van der Waals surface area contributed by atoms with Crippen molar-refractivity contribution in [2.75, 3.05) is 5.32 Å². The molecule has 0 saturated carbocycles. The highest BCUT2D eigenvalue weighted by molar-refractivity contribution is 7.71. The van der Waals surface area contributed by atoms with Gasteiger partial charge in [-0.2, -0.15) is 0 Å². The molecule has 0 fully saturated rings. The Morgan fingerprint density at radius 3 is 2.68 bits per heavy atom. The predicted octanol–water partition coefficient (Wildman–Crippen LogP) is 2.91. The number of carbonyl (C=O) groups is 1. The van der Waals surface area contributed by atoms with Gasteiger partial charge in [-0.3, -0.25) is 4.79 Å². The average Bonchev–Trinajstić information content (AvgIpc) is 2.90. The zero-order valence-corrected chi connectivity index (χ0v) is 12.3. The first kappa shape index (κ1) is 14.2. The first-order valence-corrected chi connectivity index (χ1v) is 6.97. The summed E-state index contributed by atoms with van der Waals surface area (Å²) < 4.78 is 6.77. The highest BCUT2D eigenvalue weighted by atomic mass is 32.1. The Balaban J connectivity index is 1.75. The number of amides is 1. The number of pyridine rings is 1. The van der Waals surface area contributed by atoms with Crippen LogP contribution in [-0.2, 0) is 11.3 Å². The summed E-state index contributed by atoms with van der Waals surface area (Å²) >= 11 is 5.09. The molecule has 22 heavy (non-hydrogen) atoms. The Morgan fingerprint density at radius 1 is 1.18 bits per heavy atom. The van der Waals surface area contributed by atoms with Gasteiger partial charge in [0.25, 0.3) is 4.84 Å². The monoisotopic (exact) mass is 312 g/mol. The fourth-order valence-corrected chi connectivity index (χ4v) is 2.04. The molecule has 0 radical (unpaired) electrons. The van der Waals surface area contributed by atoms with Crippen molar-refractivity contribution in [3.8, 4) is 11.5 Å². The van der Waals surface area contributed by atoms with E-state index in [2.05, 4.69) is 15.4 Å². The molecule has 7 heteroatoms. The van der Waals surface area contributed by atoms with Crippen LogP contribution in [0, 0.1) is 4.84 Å². The van der Waals surface area contributed by atoms with Crippen LogP contribution in [0.2, 0.25) is 0 Å². The molecule has 6 nitrogen and oxygen atoms in total. The third-order valence-electron chi connectivity index (χ3n) is 2.85. The minimum absolute atomic E-state index is 0.0360. The van der Waals surface area contributed by atoms with Crippen LogP contribution in [0.5, 0.6) is 0 Å². The topological polar surface area (TPSA) is 73.0 Å². The van der Waals surface area contributed by atoms with E-state index in [1.54, 1.807) is 24.4 Å². The van der Waals surface area contributed by atoms with Crippen molar-refractivity contribution in [2.24, 2.45) is 0 Å². The SMILES string of the molecule is O=C(Cn1nc(-c2ccccc2)oc1=S)Nc1ccccn1. The van der Waals surface area contributed by atoms with E-state index >= 15 is 0 Å². The van der Waals surface area contributed by atoms with Gasteiger partial charge in [0.15, 0.2) is 0 Å². The smallest absolute Gasteiger partial charge is 0.287 e. The highest BCUT2D eigenvalue weighted by Gasteiger charge is 2.11. The number of rotatable bonds is 4. The molecule has 0 atom stereocenters. The standard InChI is InChI=1S/C15H12N4O2S/c20-13(17-12-8-4-5-9-16-12)10-19-15(22)21-14(18-19)11-6-2-1-3-7-11/h1-9H,10H2,(H,16,17,20). The first-order valence-electron chi connectivity index (χ1n) is 6.56. The number of benzene rings is 1. The van der Waals surface area contributed by atoms with Gasteiger partial charge < -0.3 is 9.73 Å². The summed E-state index contributed by atoms with van der Waals surface area (Å²) in [6, 6.07) is 14.6. The van der Waals surface area contributed by atoms with Crippen LogP contribution < -0.4 is 5.32 Å². The summed E-state index contributed by atoms with van der Waals surface area (Å²) in [4.78, 5) is 16.2. The normalized spacial score (nSPS) is 10.4. The Morgan fingerprint density at radius 2 is 1.95 bits per heavy atom. The second-order valence-corrected chi connectivity index (χ2v) is 4.81. The van der Waals surface area contributed by atoms with Crippen LogP contribution in [0.15, 0.2) is 59.1 Å². The van der Waals surface area contributed by atoms with E-state index in [0.717, 1.165) is 5.56 Å². The van der Waals surface area contributed by atoms with E-state index in [1.165, 1.54) is 4.68 Å². The molecular weight excluding hydrogens is 300 g/mol. The molecule has 3 rings (SSSR count). The number of hydrogen-bond donors (Lipinski definition) is 1. The summed E-state index contributed by atoms with van der Waals surface area (Å²) in [6.45, 7) is -0.0360. The fourth-order valence-electron chi connectivity index (χ4n) is 1.86. The number of aromatic nitrogens is 3. The Labute approximate surface area is 131 Å². The van der Waals surface area contributed by atoms with Gasteiger partial charge in [-0.15, -0.1) is 5.10 Å². The van der Waals surface area contributed by atoms with Crippen LogP contribution in [0.1, 0.15) is 0 Å². The number of nitrogens with zero attached hydrogens (tertiary/aromatic N) is 3. The minimum atomic E-state index is -0.275. The van der Waals surface area contributed by atoms with Crippen molar-refractivity contribution in [1.82, 2.24) is 14.8 Å². The van der Waals surface area contributed by atoms with E-state index in [0.29, 0.717) is 11.7 Å². The Bertz CT molecular complexity index is 828. The van der Waals surface area contributed by atoms with Crippen molar-refractivity contribution in [2.45, 2.75) is 6.54 Å². The quantitative estimate of drug-likeness (QED) is 0.750. The lowest BCUT2D eigenvalue weighted by Gasteiger charge is -2.02. The van der Waals surface area contributed by atoms with Crippen molar-refractivity contribution >= 4 is 23.9 Å². The molecule has 1 N–H and O–H groups in total. The molecular formula is C15H12N4O2S. The van der Waals surface area contributed by atoms with Crippen molar-refractivity contribution in [3.63, 3.8) is 0 Å². The summed E-state index contributed by atoms with van der Waals surface area (Å²) in [5, 5.41) is 6.89. The van der Waals surface area contributed by atoms with Gasteiger partial charge in [-0.1, -0.05) is 24.3 Å². The van der Waals surface area contributed by atoms with E-state index in [4.69, 9.17) is 16.6 Å². The number of hydrogen-bond acceptors (Lipinski definition) is 5. The average molecular weight is 312 g/mol. The molecule has 110 valence electrons. The molecule has 0 aliphatic rings. The molecule has 0 aliphatic carbocycles. The van der Waals surface area contributed by atoms with Gasteiger partial charge in [0.1, 0.15) is 12.4 Å². The first-order chi connectivity index (χ1) is 10.7. The van der Waals surface area contributed by atoms with Gasteiger partial charge in [0.2, 0.25) is 11.8 Å². The van der Waals surface area contributed by atoms with Gasteiger partial charge in [0.05, 0.1) is 0 Å². The van der Waals surface area contributed by atoms with Crippen LogP contribution >= 0.6 is 12.2 Å². The fraction of sp³-hybridized carbons (Fsp3) is 0.0667. The summed E-state index contributed by atoms with van der Waals surface area (Å²) in [7, 11) is 0. The lowest BCUT2D eigenvalue weighted by molar-refractivity contribution is -0.117. The second kappa shape index (κ2) is 6.31. The van der Waals surface area contributed by atoms with E-state index in [1.807, 2.05) is 30.3 Å². The maximum atomic E-state index is 12.0. The molecule has 0 unspecified atom stereocenters. The third-order valence-corrected chi connectivity index (χ3v) is 3.15. The Hall–Kier alpha value is -2.80. The zero-order chi connectivity index (χ0) is 15.4. The van der Waals surface area contributed by atoms with E-state index in [9.17, 15) is 4.79 Å². The number of anilines is 1. The van der Waals surface area contributed by atoms with Crippen molar-refractivity contribution in [1.29, 1.82) is 0 Å². The van der Waals surface area contributed by atoms with Crippen LogP contribution in [-0.4, -0.2) is 20.7 Å². The highest BCUT2D eigenvalue weighted by Crippen LogP contribution is 2.16. The lowest BCUT2D eigenvalue weighted by Crippen LogP contribution is -2.20. The van der Waals surface area contributed by atoms with Crippen LogP contribution in [0.3, 0.4) is 0 Å². The van der Waals surface area contributed by atoms with Gasteiger partial charge in [-0.25, -0.2) is 9.67 Å². The molecule has 2 heterocycles. The maximum Gasteiger partial charge on any atom is 0.287 e. The summed E-state index contributed by atoms with van der Waals surface area (Å²) in [5.41, 5.74) is 0.803. The van der Waals surface area contributed by atoms with E-state index < -0.39 is 0 Å². The van der Waals surface area contributed by atoms with E-state index in [-0.39, 0.29) is 17.3 Å². The molecule has 3 aromatic rings. The van der Waals surface area contributed by atoms with Gasteiger partial charge in [-0.05, 0) is 36.5 Å². The Kier molecular flexibility index (Phi) is 4.06. The molecule has 0 spiro atoms. The zero-order valence-electron chi connectivity index (χ0n) is 11.5. The number of carbonyl (C=O) groups excluding carboxylic acids is 1. The van der Waals surface area contributed by atoms with Crippen LogP contribution in [0.4, 0.5) is 5.82 Å². The van der Waals surface area contributed by atoms with Gasteiger partial charge >= 0.3 is 0 Å². The second-order valence-electron chi connectivity index (χ2n) is 4.46.